The second kappa shape index (κ2) is 7.05. The fourth-order valence-corrected chi connectivity index (χ4v) is 2.74. The molecule has 1 fully saturated rings. The maximum atomic E-state index is 11.9. The molecule has 0 aromatic carbocycles. The Kier molecular flexibility index (Phi) is 5.13. The topological polar surface area (TPSA) is 117 Å². The van der Waals surface area contributed by atoms with E-state index in [0.29, 0.717) is 31.7 Å². The highest BCUT2D eigenvalue weighted by molar-refractivity contribution is 5.76. The lowest BCUT2D eigenvalue weighted by Gasteiger charge is -2.36. The van der Waals surface area contributed by atoms with Crippen molar-refractivity contribution in [2.75, 3.05) is 6.54 Å². The maximum Gasteiger partial charge on any atom is 0.315 e. The largest absolute Gasteiger partial charge is 0.481 e. The van der Waals surface area contributed by atoms with Crippen molar-refractivity contribution in [1.82, 2.24) is 20.8 Å². The number of carboxylic acid groups (broad SMARTS) is 1. The number of aromatic nitrogens is 2. The maximum absolute atomic E-state index is 11.9. The van der Waals surface area contributed by atoms with E-state index in [1.165, 1.54) is 6.33 Å². The van der Waals surface area contributed by atoms with Crippen LogP contribution in [-0.2, 0) is 11.2 Å². The van der Waals surface area contributed by atoms with Gasteiger partial charge in [-0.05, 0) is 12.8 Å². The molecule has 0 spiro atoms. The van der Waals surface area contributed by atoms with E-state index in [9.17, 15) is 9.59 Å². The van der Waals surface area contributed by atoms with Crippen molar-refractivity contribution < 1.29 is 19.2 Å². The van der Waals surface area contributed by atoms with Crippen molar-refractivity contribution in [1.29, 1.82) is 0 Å². The predicted molar refractivity (Wildman–Crippen MR) is 72.6 cm³/mol. The summed E-state index contributed by atoms with van der Waals surface area (Å²) in [5.74, 6) is -0.434. The van der Waals surface area contributed by atoms with E-state index in [1.807, 2.05) is 0 Å². The minimum atomic E-state index is -0.886. The highest BCUT2D eigenvalue weighted by Crippen LogP contribution is 2.31. The normalized spacial score (nSPS) is 17.1. The smallest absolute Gasteiger partial charge is 0.315 e. The Morgan fingerprint density at radius 3 is 2.71 bits per heavy atom. The van der Waals surface area contributed by atoms with Gasteiger partial charge in [-0.2, -0.15) is 4.98 Å². The summed E-state index contributed by atoms with van der Waals surface area (Å²) >= 11 is 0. The van der Waals surface area contributed by atoms with E-state index in [2.05, 4.69) is 20.8 Å². The van der Waals surface area contributed by atoms with Gasteiger partial charge in [-0.25, -0.2) is 4.79 Å². The van der Waals surface area contributed by atoms with Crippen LogP contribution in [0.1, 0.15) is 44.4 Å². The molecule has 3 N–H and O–H groups in total. The Bertz CT molecular complexity index is 469. The number of amides is 2. The highest BCUT2D eigenvalue weighted by Gasteiger charge is 2.35. The van der Waals surface area contributed by atoms with Crippen LogP contribution < -0.4 is 10.6 Å². The quantitative estimate of drug-likeness (QED) is 0.723. The molecule has 2 amide bonds. The summed E-state index contributed by atoms with van der Waals surface area (Å²) in [4.78, 5) is 26.8. The summed E-state index contributed by atoms with van der Waals surface area (Å²) in [7, 11) is 0. The number of carboxylic acids is 1. The lowest BCUT2D eigenvalue weighted by atomic mass is 9.79. The molecule has 0 unspecified atom stereocenters. The number of hydrogen-bond donors (Lipinski definition) is 3. The Hall–Kier alpha value is -2.12. The van der Waals surface area contributed by atoms with Gasteiger partial charge >= 0.3 is 12.0 Å². The van der Waals surface area contributed by atoms with E-state index in [1.54, 1.807) is 0 Å². The number of carbonyl (C=O) groups is 2. The van der Waals surface area contributed by atoms with Crippen molar-refractivity contribution in [2.45, 2.75) is 50.5 Å². The van der Waals surface area contributed by atoms with Crippen LogP contribution in [0.25, 0.3) is 0 Å². The molecular formula is C13H20N4O4. The van der Waals surface area contributed by atoms with Crippen molar-refractivity contribution in [3.63, 3.8) is 0 Å². The predicted octanol–water partition coefficient (Wildman–Crippen LogP) is 1.09. The minimum absolute atomic E-state index is 0.0376. The van der Waals surface area contributed by atoms with Crippen molar-refractivity contribution in [2.24, 2.45) is 0 Å². The monoisotopic (exact) mass is 296 g/mol. The summed E-state index contributed by atoms with van der Waals surface area (Å²) in [5.41, 5.74) is -0.626. The molecule has 1 aromatic rings. The van der Waals surface area contributed by atoms with Gasteiger partial charge in [0.15, 0.2) is 6.33 Å². The van der Waals surface area contributed by atoms with Crippen LogP contribution in [0.3, 0.4) is 0 Å². The average molecular weight is 296 g/mol. The number of hydrogen-bond acceptors (Lipinski definition) is 5. The molecule has 2 rings (SSSR count). The molecule has 1 aromatic heterocycles. The Labute approximate surface area is 122 Å². The summed E-state index contributed by atoms with van der Waals surface area (Å²) < 4.78 is 4.83. The summed E-state index contributed by atoms with van der Waals surface area (Å²) in [5, 5.41) is 18.1. The molecule has 1 aliphatic rings. The van der Waals surface area contributed by atoms with Gasteiger partial charge < -0.3 is 20.3 Å². The van der Waals surface area contributed by atoms with E-state index < -0.39 is 11.5 Å². The molecule has 0 saturated heterocycles. The van der Waals surface area contributed by atoms with E-state index in [-0.39, 0.29) is 12.5 Å². The first-order chi connectivity index (χ1) is 10.1. The van der Waals surface area contributed by atoms with Crippen molar-refractivity contribution in [3.05, 3.63) is 12.2 Å². The first-order valence-electron chi connectivity index (χ1n) is 7.13. The van der Waals surface area contributed by atoms with Crippen molar-refractivity contribution in [3.8, 4) is 0 Å². The van der Waals surface area contributed by atoms with E-state index in [0.717, 1.165) is 19.3 Å². The lowest BCUT2D eigenvalue weighted by Crippen LogP contribution is -2.54. The van der Waals surface area contributed by atoms with Crippen LogP contribution in [-0.4, -0.2) is 39.3 Å². The number of rotatable bonds is 6. The molecule has 0 aliphatic heterocycles. The summed E-state index contributed by atoms with van der Waals surface area (Å²) in [6, 6.07) is -0.349. The van der Waals surface area contributed by atoms with Crippen molar-refractivity contribution >= 4 is 12.0 Å². The minimum Gasteiger partial charge on any atom is -0.481 e. The SMILES string of the molecule is O=C(O)CC1(NC(=O)NCCc2ncno2)CCCCC1. The van der Waals surface area contributed by atoms with Crippen LogP contribution in [0.5, 0.6) is 0 Å². The number of aliphatic carboxylic acids is 1. The molecule has 1 aliphatic carbocycles. The molecule has 1 heterocycles. The molecule has 116 valence electrons. The van der Waals surface area contributed by atoms with Gasteiger partial charge in [-0.3, -0.25) is 4.79 Å². The fourth-order valence-electron chi connectivity index (χ4n) is 2.74. The molecule has 21 heavy (non-hydrogen) atoms. The van der Waals surface area contributed by atoms with Gasteiger partial charge in [-0.15, -0.1) is 0 Å². The Morgan fingerprint density at radius 2 is 2.10 bits per heavy atom. The molecular weight excluding hydrogens is 276 g/mol. The van der Waals surface area contributed by atoms with Gasteiger partial charge in [0.1, 0.15) is 0 Å². The molecule has 0 atom stereocenters. The number of urea groups is 1. The second-order valence-electron chi connectivity index (χ2n) is 5.38. The molecule has 8 heteroatoms. The van der Waals surface area contributed by atoms with Crippen LogP contribution in [0.15, 0.2) is 10.9 Å². The Balaban J connectivity index is 1.81. The first kappa shape index (κ1) is 15.3. The van der Waals surface area contributed by atoms with Crippen LogP contribution in [0.4, 0.5) is 4.79 Å². The fraction of sp³-hybridized carbons (Fsp3) is 0.692. The number of nitrogens with one attached hydrogen (secondary N) is 2. The van der Waals surface area contributed by atoms with Crippen LogP contribution in [0, 0.1) is 0 Å². The number of nitrogens with zero attached hydrogens (tertiary/aromatic N) is 2. The van der Waals surface area contributed by atoms with Gasteiger partial charge in [0, 0.05) is 13.0 Å². The standard InChI is InChI=1S/C13H20N4O4/c18-11(19)8-13(5-2-1-3-6-13)17-12(20)14-7-4-10-15-9-16-21-10/h9H,1-8H2,(H,18,19)(H2,14,17,20). The van der Waals surface area contributed by atoms with Gasteiger partial charge in [0.25, 0.3) is 0 Å². The third-order valence-corrected chi connectivity index (χ3v) is 3.71. The first-order valence-corrected chi connectivity index (χ1v) is 7.13. The highest BCUT2D eigenvalue weighted by atomic mass is 16.5. The third kappa shape index (κ3) is 4.73. The zero-order valence-corrected chi connectivity index (χ0v) is 11.8. The van der Waals surface area contributed by atoms with Crippen LogP contribution in [0.2, 0.25) is 0 Å². The Morgan fingerprint density at radius 1 is 1.33 bits per heavy atom. The van der Waals surface area contributed by atoms with E-state index >= 15 is 0 Å². The zero-order valence-electron chi connectivity index (χ0n) is 11.8. The summed E-state index contributed by atoms with van der Waals surface area (Å²) in [6.07, 6.45) is 6.09. The zero-order chi connectivity index (χ0) is 15.1. The van der Waals surface area contributed by atoms with Crippen LogP contribution >= 0.6 is 0 Å². The molecule has 0 radical (unpaired) electrons. The van der Waals surface area contributed by atoms with Gasteiger partial charge in [0.2, 0.25) is 5.89 Å². The third-order valence-electron chi connectivity index (χ3n) is 3.71. The second-order valence-corrected chi connectivity index (χ2v) is 5.38. The average Bonchev–Trinajstić information content (AvgIpc) is 2.91. The number of carbonyl (C=O) groups excluding carboxylic acids is 1. The van der Waals surface area contributed by atoms with Gasteiger partial charge in [-0.1, -0.05) is 24.4 Å². The van der Waals surface area contributed by atoms with Gasteiger partial charge in [0.05, 0.1) is 12.0 Å². The lowest BCUT2D eigenvalue weighted by molar-refractivity contribution is -0.139. The molecule has 8 nitrogen and oxygen atoms in total. The van der Waals surface area contributed by atoms with E-state index in [4.69, 9.17) is 9.63 Å². The molecule has 1 saturated carbocycles. The summed E-state index contributed by atoms with van der Waals surface area (Å²) in [6.45, 7) is 0.358. The molecule has 0 bridgehead atoms.